The van der Waals surface area contributed by atoms with Crippen molar-refractivity contribution in [2.24, 2.45) is 5.92 Å². The van der Waals surface area contributed by atoms with Gasteiger partial charge in [0.2, 0.25) is 0 Å². The Labute approximate surface area is 144 Å². The summed E-state index contributed by atoms with van der Waals surface area (Å²) in [5.74, 6) is 1.24. The van der Waals surface area contributed by atoms with E-state index < -0.39 is 0 Å². The van der Waals surface area contributed by atoms with E-state index in [0.717, 1.165) is 38.0 Å². The molecule has 2 aliphatic rings. The van der Waals surface area contributed by atoms with E-state index in [1.165, 1.54) is 24.0 Å². The summed E-state index contributed by atoms with van der Waals surface area (Å²) in [6, 6.07) is 19.0. The van der Waals surface area contributed by atoms with E-state index in [1.54, 1.807) is 0 Å². The van der Waals surface area contributed by atoms with Crippen molar-refractivity contribution in [1.82, 2.24) is 4.90 Å². The van der Waals surface area contributed by atoms with Crippen molar-refractivity contribution in [2.75, 3.05) is 19.6 Å². The Kier molecular flexibility index (Phi) is 4.48. The first-order valence-corrected chi connectivity index (χ1v) is 9.20. The van der Waals surface area contributed by atoms with Crippen LogP contribution in [0.1, 0.15) is 46.7 Å². The molecule has 0 amide bonds. The van der Waals surface area contributed by atoms with E-state index in [9.17, 15) is 4.79 Å². The Morgan fingerprint density at radius 2 is 1.58 bits per heavy atom. The first-order chi connectivity index (χ1) is 11.8. The number of ketones is 1. The maximum absolute atomic E-state index is 12.7. The molecule has 0 spiro atoms. The fourth-order valence-electron chi connectivity index (χ4n) is 4.32. The smallest absolute Gasteiger partial charge is 0.167 e. The third kappa shape index (κ3) is 3.16. The number of hydrogen-bond donors (Lipinski definition) is 0. The molecule has 2 heteroatoms. The van der Waals surface area contributed by atoms with Gasteiger partial charge in [-0.1, -0.05) is 54.6 Å². The van der Waals surface area contributed by atoms with Gasteiger partial charge in [-0.05, 0) is 55.8 Å². The first-order valence-electron chi connectivity index (χ1n) is 9.20. The largest absolute Gasteiger partial charge is 0.303 e. The highest BCUT2D eigenvalue weighted by atomic mass is 16.1. The minimum Gasteiger partial charge on any atom is -0.303 e. The number of aryl methyl sites for hydroxylation is 1. The van der Waals surface area contributed by atoms with Crippen LogP contribution in [-0.4, -0.2) is 30.3 Å². The van der Waals surface area contributed by atoms with Crippen LogP contribution < -0.4 is 0 Å². The number of likely N-dealkylation sites (tertiary alicyclic amines) is 1. The molecule has 2 aromatic rings. The summed E-state index contributed by atoms with van der Waals surface area (Å²) in [6.45, 7) is 3.17. The zero-order chi connectivity index (χ0) is 16.4. The van der Waals surface area contributed by atoms with E-state index in [4.69, 9.17) is 0 Å². The highest BCUT2D eigenvalue weighted by Gasteiger charge is 2.30. The minimum atomic E-state index is 0.188. The molecular weight excluding hydrogens is 294 g/mol. The average molecular weight is 319 g/mol. The molecule has 1 fully saturated rings. The summed E-state index contributed by atoms with van der Waals surface area (Å²) in [5.41, 5.74) is 3.68. The van der Waals surface area contributed by atoms with Crippen LogP contribution in [0.3, 0.4) is 0 Å². The standard InChI is InChI=1S/C22H25NO/c24-22-20(11-10-19-8-4-5-9-21(19)22)16-23-14-12-18(13-15-23)17-6-2-1-3-7-17/h1-9,18,20H,10-16H2. The Balaban J connectivity index is 1.35. The van der Waals surface area contributed by atoms with Gasteiger partial charge in [0.1, 0.15) is 0 Å². The van der Waals surface area contributed by atoms with Crippen molar-refractivity contribution in [3.05, 3.63) is 71.3 Å². The van der Waals surface area contributed by atoms with Crippen LogP contribution in [0.2, 0.25) is 0 Å². The topological polar surface area (TPSA) is 20.3 Å². The number of carbonyl (C=O) groups excluding carboxylic acids is 1. The van der Waals surface area contributed by atoms with E-state index in [0.29, 0.717) is 11.7 Å². The van der Waals surface area contributed by atoms with Crippen molar-refractivity contribution < 1.29 is 4.79 Å². The fourth-order valence-corrected chi connectivity index (χ4v) is 4.32. The molecule has 1 aliphatic heterocycles. The van der Waals surface area contributed by atoms with Crippen LogP contribution in [0.4, 0.5) is 0 Å². The number of piperidine rings is 1. The number of benzene rings is 2. The minimum absolute atomic E-state index is 0.188. The summed E-state index contributed by atoms with van der Waals surface area (Å²) in [4.78, 5) is 15.3. The van der Waals surface area contributed by atoms with Crippen molar-refractivity contribution in [3.63, 3.8) is 0 Å². The Morgan fingerprint density at radius 3 is 2.38 bits per heavy atom. The molecule has 4 rings (SSSR count). The number of hydrogen-bond acceptors (Lipinski definition) is 2. The van der Waals surface area contributed by atoms with Gasteiger partial charge < -0.3 is 4.90 Å². The van der Waals surface area contributed by atoms with E-state index in [-0.39, 0.29) is 5.92 Å². The van der Waals surface area contributed by atoms with E-state index in [2.05, 4.69) is 41.3 Å². The molecular formula is C22H25NO. The Morgan fingerprint density at radius 1 is 0.875 bits per heavy atom. The van der Waals surface area contributed by atoms with Crippen molar-refractivity contribution in [1.29, 1.82) is 0 Å². The summed E-state index contributed by atoms with van der Waals surface area (Å²) in [5, 5.41) is 0. The summed E-state index contributed by atoms with van der Waals surface area (Å²) < 4.78 is 0. The number of Topliss-reactive ketones (excluding diaryl/α,β-unsaturated/α-hetero) is 1. The predicted octanol–water partition coefficient (Wildman–Crippen LogP) is 4.31. The lowest BCUT2D eigenvalue weighted by molar-refractivity contribution is 0.0840. The van der Waals surface area contributed by atoms with Gasteiger partial charge in [-0.2, -0.15) is 0 Å². The number of nitrogens with zero attached hydrogens (tertiary/aromatic N) is 1. The number of carbonyl (C=O) groups is 1. The molecule has 1 unspecified atom stereocenters. The zero-order valence-electron chi connectivity index (χ0n) is 14.2. The Bertz CT molecular complexity index is 701. The second-order valence-corrected chi connectivity index (χ2v) is 7.24. The van der Waals surface area contributed by atoms with Gasteiger partial charge >= 0.3 is 0 Å². The van der Waals surface area contributed by atoms with Crippen molar-refractivity contribution in [3.8, 4) is 0 Å². The lowest BCUT2D eigenvalue weighted by Gasteiger charge is -2.35. The highest BCUT2D eigenvalue weighted by molar-refractivity contribution is 6.00. The van der Waals surface area contributed by atoms with Crippen LogP contribution in [0.5, 0.6) is 0 Å². The third-order valence-electron chi connectivity index (χ3n) is 5.75. The van der Waals surface area contributed by atoms with Crippen LogP contribution in [-0.2, 0) is 6.42 Å². The molecule has 24 heavy (non-hydrogen) atoms. The number of fused-ring (bicyclic) bond motifs is 1. The normalized spacial score (nSPS) is 22.3. The molecule has 1 heterocycles. The molecule has 2 nitrogen and oxygen atoms in total. The van der Waals surface area contributed by atoms with E-state index in [1.807, 2.05) is 18.2 Å². The molecule has 1 saturated heterocycles. The maximum atomic E-state index is 12.7. The molecule has 124 valence electrons. The van der Waals surface area contributed by atoms with Gasteiger partial charge in [0.25, 0.3) is 0 Å². The fraction of sp³-hybridized carbons (Fsp3) is 0.409. The lowest BCUT2D eigenvalue weighted by atomic mass is 9.82. The second kappa shape index (κ2) is 6.90. The maximum Gasteiger partial charge on any atom is 0.167 e. The van der Waals surface area contributed by atoms with Crippen LogP contribution in [0, 0.1) is 5.92 Å². The van der Waals surface area contributed by atoms with Gasteiger partial charge in [-0.3, -0.25) is 4.79 Å². The molecule has 0 bridgehead atoms. The first kappa shape index (κ1) is 15.6. The predicted molar refractivity (Wildman–Crippen MR) is 97.4 cm³/mol. The molecule has 0 N–H and O–H groups in total. The monoisotopic (exact) mass is 319 g/mol. The third-order valence-corrected chi connectivity index (χ3v) is 5.75. The summed E-state index contributed by atoms with van der Waals surface area (Å²) >= 11 is 0. The van der Waals surface area contributed by atoms with E-state index >= 15 is 0 Å². The molecule has 0 radical (unpaired) electrons. The van der Waals surface area contributed by atoms with Gasteiger partial charge in [0, 0.05) is 18.0 Å². The average Bonchev–Trinajstić information content (AvgIpc) is 2.66. The van der Waals surface area contributed by atoms with Crippen LogP contribution in [0.25, 0.3) is 0 Å². The van der Waals surface area contributed by atoms with Crippen molar-refractivity contribution in [2.45, 2.75) is 31.6 Å². The zero-order valence-corrected chi connectivity index (χ0v) is 14.2. The van der Waals surface area contributed by atoms with Crippen LogP contribution in [0.15, 0.2) is 54.6 Å². The molecule has 0 saturated carbocycles. The van der Waals surface area contributed by atoms with Gasteiger partial charge in [-0.25, -0.2) is 0 Å². The molecule has 1 atom stereocenters. The lowest BCUT2D eigenvalue weighted by Crippen LogP contribution is -2.40. The highest BCUT2D eigenvalue weighted by Crippen LogP contribution is 2.30. The number of rotatable bonds is 3. The van der Waals surface area contributed by atoms with Crippen molar-refractivity contribution >= 4 is 5.78 Å². The Hall–Kier alpha value is -1.93. The van der Waals surface area contributed by atoms with Gasteiger partial charge in [-0.15, -0.1) is 0 Å². The summed E-state index contributed by atoms with van der Waals surface area (Å²) in [6.07, 6.45) is 4.48. The SMILES string of the molecule is O=C1c2ccccc2CCC1CN1CCC(c2ccccc2)CC1. The van der Waals surface area contributed by atoms with Gasteiger partial charge in [0.15, 0.2) is 5.78 Å². The molecule has 2 aromatic carbocycles. The van der Waals surface area contributed by atoms with Crippen LogP contribution >= 0.6 is 0 Å². The molecule has 0 aromatic heterocycles. The second-order valence-electron chi connectivity index (χ2n) is 7.24. The molecule has 1 aliphatic carbocycles. The summed E-state index contributed by atoms with van der Waals surface area (Å²) in [7, 11) is 0. The quantitative estimate of drug-likeness (QED) is 0.840. The van der Waals surface area contributed by atoms with Gasteiger partial charge in [0.05, 0.1) is 0 Å².